The smallest absolute Gasteiger partial charge is 0.185 e. The highest BCUT2D eigenvalue weighted by Gasteiger charge is 2.37. The van der Waals surface area contributed by atoms with Gasteiger partial charge in [-0.2, -0.15) is 0 Å². The lowest BCUT2D eigenvalue weighted by molar-refractivity contribution is -0.112. The van der Waals surface area contributed by atoms with Crippen LogP contribution in [-0.2, 0) is 4.79 Å². The molecule has 60 valence electrons. The van der Waals surface area contributed by atoms with E-state index in [1.807, 2.05) is 6.92 Å². The van der Waals surface area contributed by atoms with Crippen LogP contribution in [0.1, 0.15) is 6.92 Å². The summed E-state index contributed by atoms with van der Waals surface area (Å²) >= 11 is 0. The largest absolute Gasteiger partial charge is 0.289 e. The van der Waals surface area contributed by atoms with Crippen LogP contribution >= 0.6 is 0 Å². The zero-order valence-electron chi connectivity index (χ0n) is 7.62. The Kier molecular flexibility index (Phi) is 1.67. The maximum absolute atomic E-state index is 11.3. The van der Waals surface area contributed by atoms with Crippen molar-refractivity contribution >= 4 is 13.9 Å². The highest BCUT2D eigenvalue weighted by atomic mass is 28.3. The second-order valence-electron chi connectivity index (χ2n) is 4.06. The molecule has 11 heavy (non-hydrogen) atoms. The topological polar surface area (TPSA) is 17.1 Å². The van der Waals surface area contributed by atoms with E-state index in [0.29, 0.717) is 0 Å². The summed E-state index contributed by atoms with van der Waals surface area (Å²) in [5.74, 6) is 0.210. The number of ketones is 1. The van der Waals surface area contributed by atoms with Crippen LogP contribution in [0.2, 0.25) is 19.6 Å². The molecule has 0 amide bonds. The normalized spacial score (nSPS) is 18.9. The van der Waals surface area contributed by atoms with Crippen LogP contribution in [0.3, 0.4) is 0 Å². The molecule has 0 fully saturated rings. The van der Waals surface area contributed by atoms with E-state index in [1.54, 1.807) is 0 Å². The third-order valence-electron chi connectivity index (χ3n) is 2.08. The van der Waals surface area contributed by atoms with Gasteiger partial charge >= 0.3 is 0 Å². The molecule has 0 saturated carbocycles. The average molecular weight is 166 g/mol. The van der Waals surface area contributed by atoms with E-state index < -0.39 is 8.07 Å². The number of carbonyl (C=O) groups is 1. The van der Waals surface area contributed by atoms with Crippen LogP contribution in [0.25, 0.3) is 0 Å². The first-order valence-corrected chi connectivity index (χ1v) is 7.31. The molecule has 0 N–H and O–H groups in total. The minimum atomic E-state index is -1.37. The van der Waals surface area contributed by atoms with Crippen LogP contribution < -0.4 is 0 Å². The van der Waals surface area contributed by atoms with E-state index in [0.717, 1.165) is 16.3 Å². The summed E-state index contributed by atoms with van der Waals surface area (Å²) in [5, 5.41) is 1.09. The first-order valence-electron chi connectivity index (χ1n) is 3.81. The Bertz CT molecular complexity index is 266. The molecular weight excluding hydrogens is 152 g/mol. The standard InChI is InChI=1S/C9H14OSi/c1-6-7(2)9(8(6)10)11(3,4)5/h1H2,2-5H3. The minimum Gasteiger partial charge on any atom is -0.289 e. The SMILES string of the molecule is C=C1C(=O)C([Si](C)(C)C)=C1C. The van der Waals surface area contributed by atoms with Crippen molar-refractivity contribution < 1.29 is 4.79 Å². The van der Waals surface area contributed by atoms with Gasteiger partial charge in [-0.25, -0.2) is 0 Å². The molecule has 0 aromatic rings. The fourth-order valence-electron chi connectivity index (χ4n) is 1.48. The summed E-state index contributed by atoms with van der Waals surface area (Å²) in [5.41, 5.74) is 1.87. The molecule has 0 aromatic heterocycles. The molecule has 1 aliphatic rings. The fraction of sp³-hybridized carbons (Fsp3) is 0.444. The number of allylic oxidation sites excluding steroid dienone is 3. The lowest BCUT2D eigenvalue weighted by Gasteiger charge is -2.31. The van der Waals surface area contributed by atoms with E-state index in [1.165, 1.54) is 0 Å². The molecule has 0 atom stereocenters. The van der Waals surface area contributed by atoms with Gasteiger partial charge in [0.05, 0.1) is 8.07 Å². The van der Waals surface area contributed by atoms with E-state index >= 15 is 0 Å². The zero-order chi connectivity index (χ0) is 8.81. The fourth-order valence-corrected chi connectivity index (χ4v) is 3.59. The maximum atomic E-state index is 11.3. The average Bonchev–Trinajstić information content (AvgIpc) is 1.85. The summed E-state index contributed by atoms with van der Waals surface area (Å²) in [6.45, 7) is 12.3. The first-order chi connectivity index (χ1) is 4.85. The molecule has 0 saturated heterocycles. The van der Waals surface area contributed by atoms with Crippen molar-refractivity contribution in [3.8, 4) is 0 Å². The molecule has 0 radical (unpaired) electrons. The van der Waals surface area contributed by atoms with Gasteiger partial charge in [-0.1, -0.05) is 26.2 Å². The molecule has 0 bridgehead atoms. The minimum absolute atomic E-state index is 0.210. The molecule has 1 aliphatic carbocycles. The van der Waals surface area contributed by atoms with Crippen LogP contribution in [0.4, 0.5) is 0 Å². The summed E-state index contributed by atoms with van der Waals surface area (Å²) < 4.78 is 0. The number of Topliss-reactive ketones (excluding diaryl/α,β-unsaturated/α-hetero) is 1. The Morgan fingerprint density at radius 2 is 1.73 bits per heavy atom. The predicted molar refractivity (Wildman–Crippen MR) is 50.2 cm³/mol. The molecule has 0 aromatic carbocycles. The summed E-state index contributed by atoms with van der Waals surface area (Å²) in [4.78, 5) is 11.3. The van der Waals surface area contributed by atoms with Crippen molar-refractivity contribution in [3.05, 3.63) is 22.9 Å². The van der Waals surface area contributed by atoms with Gasteiger partial charge in [0.2, 0.25) is 0 Å². The highest BCUT2D eigenvalue weighted by Crippen LogP contribution is 2.34. The molecule has 0 aliphatic heterocycles. The van der Waals surface area contributed by atoms with Crippen molar-refractivity contribution in [1.29, 1.82) is 0 Å². The van der Waals surface area contributed by atoms with Gasteiger partial charge in [0.15, 0.2) is 5.78 Å². The van der Waals surface area contributed by atoms with Crippen LogP contribution in [-0.4, -0.2) is 13.9 Å². The van der Waals surface area contributed by atoms with Crippen molar-refractivity contribution in [1.82, 2.24) is 0 Å². The molecule has 1 rings (SSSR count). The Morgan fingerprint density at radius 3 is 1.91 bits per heavy atom. The molecular formula is C9H14OSi. The second-order valence-corrected chi connectivity index (χ2v) is 9.06. The van der Waals surface area contributed by atoms with E-state index in [9.17, 15) is 4.79 Å². The Hall–Kier alpha value is -0.633. The number of rotatable bonds is 1. The van der Waals surface area contributed by atoms with Gasteiger partial charge in [-0.3, -0.25) is 4.79 Å². The maximum Gasteiger partial charge on any atom is 0.185 e. The molecule has 0 heterocycles. The van der Waals surface area contributed by atoms with Gasteiger partial charge in [0, 0.05) is 5.57 Å². The van der Waals surface area contributed by atoms with E-state index in [-0.39, 0.29) is 5.78 Å². The predicted octanol–water partition coefficient (Wildman–Crippen LogP) is 2.32. The van der Waals surface area contributed by atoms with Gasteiger partial charge in [-0.05, 0) is 17.7 Å². The van der Waals surface area contributed by atoms with E-state index in [4.69, 9.17) is 0 Å². The van der Waals surface area contributed by atoms with E-state index in [2.05, 4.69) is 26.2 Å². The Morgan fingerprint density at radius 1 is 1.27 bits per heavy atom. The van der Waals surface area contributed by atoms with Crippen molar-refractivity contribution in [2.24, 2.45) is 0 Å². The number of carbonyl (C=O) groups excluding carboxylic acids is 1. The lowest BCUT2D eigenvalue weighted by Crippen LogP contribution is -2.37. The Labute approximate surface area is 68.8 Å². The van der Waals surface area contributed by atoms with Crippen LogP contribution in [0.15, 0.2) is 22.9 Å². The summed E-state index contributed by atoms with van der Waals surface area (Å²) in [6.07, 6.45) is 0. The zero-order valence-corrected chi connectivity index (χ0v) is 8.62. The van der Waals surface area contributed by atoms with Gasteiger partial charge in [-0.15, -0.1) is 0 Å². The quantitative estimate of drug-likeness (QED) is 0.431. The van der Waals surface area contributed by atoms with Gasteiger partial charge < -0.3 is 0 Å². The highest BCUT2D eigenvalue weighted by molar-refractivity contribution is 6.89. The lowest BCUT2D eigenvalue weighted by atomic mass is 9.93. The number of hydrogen-bond donors (Lipinski definition) is 0. The third-order valence-corrected chi connectivity index (χ3v) is 4.18. The van der Waals surface area contributed by atoms with Crippen molar-refractivity contribution in [3.63, 3.8) is 0 Å². The first kappa shape index (κ1) is 8.46. The van der Waals surface area contributed by atoms with Crippen molar-refractivity contribution in [2.75, 3.05) is 0 Å². The van der Waals surface area contributed by atoms with Crippen LogP contribution in [0.5, 0.6) is 0 Å². The van der Waals surface area contributed by atoms with Gasteiger partial charge in [0.25, 0.3) is 0 Å². The van der Waals surface area contributed by atoms with Crippen molar-refractivity contribution in [2.45, 2.75) is 26.6 Å². The second kappa shape index (κ2) is 2.17. The summed E-state index contributed by atoms with van der Waals surface area (Å²) in [6, 6.07) is 0. The molecule has 0 unspecified atom stereocenters. The molecule has 1 nitrogen and oxygen atoms in total. The monoisotopic (exact) mass is 166 g/mol. The number of hydrogen-bond acceptors (Lipinski definition) is 1. The van der Waals surface area contributed by atoms with Crippen LogP contribution in [0, 0.1) is 0 Å². The summed E-state index contributed by atoms with van der Waals surface area (Å²) in [7, 11) is -1.37. The Balaban J connectivity index is 3.11. The van der Waals surface area contributed by atoms with Gasteiger partial charge in [0.1, 0.15) is 0 Å². The third kappa shape index (κ3) is 1.11. The molecule has 2 heteroatoms. The molecule has 0 spiro atoms.